The van der Waals surface area contributed by atoms with Crippen LogP contribution in [0.2, 0.25) is 0 Å². The third-order valence-corrected chi connectivity index (χ3v) is 3.77. The van der Waals surface area contributed by atoms with Crippen LogP contribution < -0.4 is 4.74 Å². The molecule has 0 aliphatic rings. The van der Waals surface area contributed by atoms with E-state index in [-0.39, 0.29) is 5.91 Å². The van der Waals surface area contributed by atoms with Crippen LogP contribution in [0.3, 0.4) is 0 Å². The van der Waals surface area contributed by atoms with Gasteiger partial charge >= 0.3 is 0 Å². The predicted octanol–water partition coefficient (Wildman–Crippen LogP) is 3.77. The maximum Gasteiger partial charge on any atom is 0.253 e. The molecule has 0 N–H and O–H groups in total. The van der Waals surface area contributed by atoms with Gasteiger partial charge in [-0.2, -0.15) is 0 Å². The van der Waals surface area contributed by atoms with E-state index >= 15 is 0 Å². The van der Waals surface area contributed by atoms with Crippen molar-refractivity contribution in [1.29, 1.82) is 0 Å². The molecule has 0 saturated carbocycles. The highest BCUT2D eigenvalue weighted by Crippen LogP contribution is 2.17. The van der Waals surface area contributed by atoms with Crippen molar-refractivity contribution in [3.05, 3.63) is 65.2 Å². The number of rotatable bonds is 6. The predicted molar refractivity (Wildman–Crippen MR) is 89.5 cm³/mol. The van der Waals surface area contributed by atoms with Gasteiger partial charge in [0.25, 0.3) is 5.91 Å². The molecular formula is C19H23NO2. The molecule has 0 aliphatic carbocycles. The first-order valence-corrected chi connectivity index (χ1v) is 7.69. The summed E-state index contributed by atoms with van der Waals surface area (Å²) in [4.78, 5) is 14.3. The Hall–Kier alpha value is -2.29. The molecule has 0 heterocycles. The van der Waals surface area contributed by atoms with E-state index in [0.717, 1.165) is 36.4 Å². The molecule has 0 unspecified atom stereocenters. The van der Waals surface area contributed by atoms with Gasteiger partial charge in [0.2, 0.25) is 0 Å². The van der Waals surface area contributed by atoms with Crippen molar-refractivity contribution in [2.45, 2.75) is 20.3 Å². The van der Waals surface area contributed by atoms with E-state index in [1.807, 2.05) is 55.1 Å². The summed E-state index contributed by atoms with van der Waals surface area (Å²) >= 11 is 0. The Morgan fingerprint density at radius 2 is 1.64 bits per heavy atom. The normalized spacial score (nSPS) is 10.3. The molecule has 116 valence electrons. The van der Waals surface area contributed by atoms with Gasteiger partial charge in [-0.25, -0.2) is 0 Å². The fourth-order valence-electron chi connectivity index (χ4n) is 2.53. The van der Waals surface area contributed by atoms with Crippen molar-refractivity contribution in [3.8, 4) is 5.75 Å². The fraction of sp³-hybridized carbons (Fsp3) is 0.316. The van der Waals surface area contributed by atoms with Gasteiger partial charge in [-0.3, -0.25) is 4.79 Å². The van der Waals surface area contributed by atoms with Crippen LogP contribution >= 0.6 is 0 Å². The number of hydrogen-bond acceptors (Lipinski definition) is 2. The van der Waals surface area contributed by atoms with E-state index in [2.05, 4.69) is 12.1 Å². The maximum atomic E-state index is 12.4. The fourth-order valence-corrected chi connectivity index (χ4v) is 2.53. The van der Waals surface area contributed by atoms with Crippen molar-refractivity contribution in [2.75, 3.05) is 20.2 Å². The van der Waals surface area contributed by atoms with Crippen LogP contribution in [0.5, 0.6) is 5.75 Å². The molecule has 0 fully saturated rings. The highest BCUT2D eigenvalue weighted by molar-refractivity contribution is 5.94. The van der Waals surface area contributed by atoms with E-state index in [1.54, 1.807) is 7.11 Å². The number of methoxy groups -OCH3 is 1. The molecule has 0 aromatic heterocycles. The average Bonchev–Trinajstić information content (AvgIpc) is 2.56. The summed E-state index contributed by atoms with van der Waals surface area (Å²) < 4.78 is 5.25. The maximum absolute atomic E-state index is 12.4. The molecule has 0 radical (unpaired) electrons. The Kier molecular flexibility index (Phi) is 5.59. The topological polar surface area (TPSA) is 29.5 Å². The van der Waals surface area contributed by atoms with Crippen molar-refractivity contribution in [1.82, 2.24) is 4.90 Å². The van der Waals surface area contributed by atoms with Gasteiger partial charge in [-0.05, 0) is 55.7 Å². The number of carbonyl (C=O) groups is 1. The van der Waals surface area contributed by atoms with Gasteiger partial charge in [0.15, 0.2) is 0 Å². The Balaban J connectivity index is 2.19. The number of benzene rings is 2. The lowest BCUT2D eigenvalue weighted by molar-refractivity contribution is 0.0773. The molecule has 2 aromatic rings. The third kappa shape index (κ3) is 3.88. The minimum atomic E-state index is 0.0949. The molecule has 0 bridgehead atoms. The second-order valence-corrected chi connectivity index (χ2v) is 5.21. The van der Waals surface area contributed by atoms with Crippen molar-refractivity contribution >= 4 is 5.91 Å². The Morgan fingerprint density at radius 3 is 2.27 bits per heavy atom. The highest BCUT2D eigenvalue weighted by Gasteiger charge is 2.12. The van der Waals surface area contributed by atoms with Gasteiger partial charge in [0, 0.05) is 18.7 Å². The molecule has 0 atom stereocenters. The van der Waals surface area contributed by atoms with Gasteiger partial charge in [0.1, 0.15) is 5.75 Å². The number of ether oxygens (including phenoxy) is 1. The summed E-state index contributed by atoms with van der Waals surface area (Å²) in [6.45, 7) is 5.47. The minimum Gasteiger partial charge on any atom is -0.497 e. The largest absolute Gasteiger partial charge is 0.497 e. The monoisotopic (exact) mass is 297 g/mol. The second kappa shape index (κ2) is 7.64. The standard InChI is InChI=1S/C19H23NO2/c1-4-20(5-2)19(21)17-10-6-8-15(13-17)12-16-9-7-11-18(14-16)22-3/h6-11,13-14H,4-5,12H2,1-3H3. The molecule has 0 spiro atoms. The second-order valence-electron chi connectivity index (χ2n) is 5.21. The van der Waals surface area contributed by atoms with E-state index in [1.165, 1.54) is 5.56 Å². The minimum absolute atomic E-state index is 0.0949. The molecule has 2 rings (SSSR count). The summed E-state index contributed by atoms with van der Waals surface area (Å²) in [5, 5.41) is 0. The zero-order chi connectivity index (χ0) is 15.9. The summed E-state index contributed by atoms with van der Waals surface area (Å²) in [5.41, 5.74) is 3.06. The molecule has 1 amide bonds. The third-order valence-electron chi connectivity index (χ3n) is 3.77. The Morgan fingerprint density at radius 1 is 1.00 bits per heavy atom. The molecule has 2 aromatic carbocycles. The van der Waals surface area contributed by atoms with Gasteiger partial charge < -0.3 is 9.64 Å². The van der Waals surface area contributed by atoms with Crippen LogP contribution in [-0.2, 0) is 6.42 Å². The average molecular weight is 297 g/mol. The smallest absolute Gasteiger partial charge is 0.253 e. The molecule has 3 heteroatoms. The lowest BCUT2D eigenvalue weighted by Gasteiger charge is -2.19. The van der Waals surface area contributed by atoms with Crippen LogP contribution in [0.1, 0.15) is 35.3 Å². The van der Waals surface area contributed by atoms with E-state index in [9.17, 15) is 4.79 Å². The van der Waals surface area contributed by atoms with Crippen LogP contribution in [0, 0.1) is 0 Å². The first kappa shape index (κ1) is 16.1. The number of amides is 1. The van der Waals surface area contributed by atoms with Gasteiger partial charge in [-0.15, -0.1) is 0 Å². The van der Waals surface area contributed by atoms with E-state index in [0.29, 0.717) is 0 Å². The van der Waals surface area contributed by atoms with E-state index < -0.39 is 0 Å². The van der Waals surface area contributed by atoms with Crippen LogP contribution in [0.4, 0.5) is 0 Å². The summed E-state index contributed by atoms with van der Waals surface area (Å²) in [6.07, 6.45) is 0.788. The SMILES string of the molecule is CCN(CC)C(=O)c1cccc(Cc2cccc(OC)c2)c1. The molecule has 0 saturated heterocycles. The van der Waals surface area contributed by atoms with E-state index in [4.69, 9.17) is 4.74 Å². The Bertz CT molecular complexity index is 633. The molecule has 22 heavy (non-hydrogen) atoms. The van der Waals surface area contributed by atoms with Gasteiger partial charge in [-0.1, -0.05) is 24.3 Å². The summed E-state index contributed by atoms with van der Waals surface area (Å²) in [6, 6.07) is 15.9. The summed E-state index contributed by atoms with van der Waals surface area (Å²) in [7, 11) is 1.67. The quantitative estimate of drug-likeness (QED) is 0.812. The number of hydrogen-bond donors (Lipinski definition) is 0. The molecule has 3 nitrogen and oxygen atoms in total. The zero-order valence-corrected chi connectivity index (χ0v) is 13.5. The van der Waals surface area contributed by atoms with Crippen molar-refractivity contribution < 1.29 is 9.53 Å². The molecule has 0 aliphatic heterocycles. The lowest BCUT2D eigenvalue weighted by atomic mass is 10.0. The van der Waals surface area contributed by atoms with Crippen molar-refractivity contribution in [3.63, 3.8) is 0 Å². The van der Waals surface area contributed by atoms with Crippen LogP contribution in [-0.4, -0.2) is 31.0 Å². The summed E-state index contributed by atoms with van der Waals surface area (Å²) in [5.74, 6) is 0.949. The van der Waals surface area contributed by atoms with Gasteiger partial charge in [0.05, 0.1) is 7.11 Å². The highest BCUT2D eigenvalue weighted by atomic mass is 16.5. The van der Waals surface area contributed by atoms with Crippen LogP contribution in [0.15, 0.2) is 48.5 Å². The van der Waals surface area contributed by atoms with Crippen LogP contribution in [0.25, 0.3) is 0 Å². The first-order chi connectivity index (χ1) is 10.7. The Labute approximate surface area is 132 Å². The molecular weight excluding hydrogens is 274 g/mol. The number of nitrogens with zero attached hydrogens (tertiary/aromatic N) is 1. The first-order valence-electron chi connectivity index (χ1n) is 7.69. The van der Waals surface area contributed by atoms with Crippen molar-refractivity contribution in [2.24, 2.45) is 0 Å². The lowest BCUT2D eigenvalue weighted by Crippen LogP contribution is -2.30. The number of carbonyl (C=O) groups excluding carboxylic acids is 1. The zero-order valence-electron chi connectivity index (χ0n) is 13.5.